The molecule has 0 fully saturated rings. The third-order valence-corrected chi connectivity index (χ3v) is 4.45. The van der Waals surface area contributed by atoms with Crippen molar-refractivity contribution in [3.63, 3.8) is 0 Å². The van der Waals surface area contributed by atoms with Crippen molar-refractivity contribution in [2.45, 2.75) is 27.7 Å². The minimum atomic E-state index is -1.53. The van der Waals surface area contributed by atoms with E-state index in [2.05, 4.69) is 13.2 Å². The Morgan fingerprint density at radius 2 is 0.397 bits per heavy atom. The van der Waals surface area contributed by atoms with Gasteiger partial charge in [0.05, 0.1) is 47.8 Å². The van der Waals surface area contributed by atoms with Gasteiger partial charge in [0, 0.05) is 116 Å². The number of hydrogen-bond acceptors (Lipinski definition) is 29. The van der Waals surface area contributed by atoms with Crippen molar-refractivity contribution in [1.29, 1.82) is 0 Å². The third kappa shape index (κ3) is 187. The van der Waals surface area contributed by atoms with Crippen molar-refractivity contribution in [2.24, 2.45) is 11.5 Å². The molecule has 0 aromatic carbocycles. The predicted molar refractivity (Wildman–Crippen MR) is 181 cm³/mol. The summed E-state index contributed by atoms with van der Waals surface area (Å²) in [6, 6.07) is 0. The van der Waals surface area contributed by atoms with Gasteiger partial charge < -0.3 is 125 Å². The van der Waals surface area contributed by atoms with Gasteiger partial charge in [0.15, 0.2) is 0 Å². The van der Waals surface area contributed by atoms with E-state index in [1.54, 1.807) is 0 Å². The van der Waals surface area contributed by atoms with Crippen LogP contribution in [0.15, 0.2) is 13.2 Å². The monoisotopic (exact) mass is 1220 g/mol. The number of carboxylic acid groups (broad SMARTS) is 12. The Labute approximate surface area is 748 Å². The van der Waals surface area contributed by atoms with E-state index in [1.807, 2.05) is 0 Å². The summed E-state index contributed by atoms with van der Waals surface area (Å²) in [6.45, 7) is 4.69. The molecule has 0 atom stereocenters. The third-order valence-electron chi connectivity index (χ3n) is 4.45. The first-order valence-corrected chi connectivity index (χ1v) is 16.4. The SMILES string of the molecule is C=C.CC(=O)O.CC(=O)[O-].CC(=O)[O-].CC(=O)[O-].NCCN.O=C([O-])CN(CCN(CC(=O)[O-])CC(=O)[O-])CC(=O)[O-].O=C([O-])CN(CCN(CC(=O)[O-])CC(=O)[O-])CC(=O)[O-].[K+].[K+].[K+].[K+].[Na+].[Na+].[Na+].[Na+].[Na+].[Na+].[Na+]. The Morgan fingerprint density at radius 3 is 0.438 bits per heavy atom. The Hall–Kier alpha value is 6.69. The Balaban J connectivity index is -0.0000000301. The van der Waals surface area contributed by atoms with E-state index in [-0.39, 0.29) is 439 Å². The molecule has 0 aliphatic carbocycles. The number of carbonyl (C=O) groups is 12. The fourth-order valence-electron chi connectivity index (χ4n) is 2.88. The van der Waals surface area contributed by atoms with Gasteiger partial charge in [-0.25, -0.2) is 0 Å². The first-order chi connectivity index (χ1) is 28.2. The van der Waals surface area contributed by atoms with Gasteiger partial charge >= 0.3 is 412 Å². The number of nitrogens with two attached hydrogens (primary N) is 2. The van der Waals surface area contributed by atoms with Gasteiger partial charge in [-0.15, -0.1) is 13.2 Å². The van der Waals surface area contributed by atoms with Crippen LogP contribution >= 0.6 is 0 Å². The number of aliphatic carboxylic acids is 12. The van der Waals surface area contributed by atoms with E-state index in [0.29, 0.717) is 13.1 Å². The summed E-state index contributed by atoms with van der Waals surface area (Å²) in [5.74, 6) is -16.3. The number of nitrogens with zero attached hydrogens (tertiary/aromatic N) is 4. The maximum absolute atomic E-state index is 10.4. The number of rotatable bonds is 23. The zero-order valence-electron chi connectivity index (χ0n) is 45.1. The first kappa shape index (κ1) is 134. The van der Waals surface area contributed by atoms with E-state index < -0.39 is 124 Å². The van der Waals surface area contributed by atoms with Gasteiger partial charge in [0.25, 0.3) is 5.97 Å². The molecule has 0 aliphatic heterocycles. The summed E-state index contributed by atoms with van der Waals surface area (Å²) in [4.78, 5) is 123. The van der Waals surface area contributed by atoms with E-state index in [1.165, 1.54) is 0 Å². The minimum absolute atomic E-state index is 0. The van der Waals surface area contributed by atoms with Crippen molar-refractivity contribution in [3.05, 3.63) is 13.2 Å². The molecular formula is C32H49K4N6Na7O24. The van der Waals surface area contributed by atoms with Crippen molar-refractivity contribution < 1.29 is 531 Å². The van der Waals surface area contributed by atoms with Crippen molar-refractivity contribution >= 4 is 71.6 Å². The van der Waals surface area contributed by atoms with Crippen molar-refractivity contribution in [2.75, 3.05) is 91.6 Å². The molecule has 0 heterocycles. The molecule has 0 rings (SSSR count). The smallest absolute Gasteiger partial charge is 0.550 e. The average Bonchev–Trinajstić information content (AvgIpc) is 3.04. The topological polar surface area (TPSA) is 544 Å². The molecule has 0 radical (unpaired) electrons. The second kappa shape index (κ2) is 101. The molecule has 41 heteroatoms. The van der Waals surface area contributed by atoms with Crippen LogP contribution in [0, 0.1) is 0 Å². The summed E-state index contributed by atoms with van der Waals surface area (Å²) < 4.78 is 0. The molecule has 0 saturated carbocycles. The van der Waals surface area contributed by atoms with Crippen LogP contribution in [0.3, 0.4) is 0 Å². The van der Waals surface area contributed by atoms with Crippen LogP contribution in [0.25, 0.3) is 0 Å². The minimum Gasteiger partial charge on any atom is -0.550 e. The van der Waals surface area contributed by atoms with E-state index in [4.69, 9.17) is 51.1 Å². The summed E-state index contributed by atoms with van der Waals surface area (Å²) in [7, 11) is 0. The summed E-state index contributed by atoms with van der Waals surface area (Å²) in [5, 5.41) is 117. The van der Waals surface area contributed by atoms with Gasteiger partial charge in [-0.1, -0.05) is 0 Å². The van der Waals surface area contributed by atoms with Crippen LogP contribution in [0.2, 0.25) is 0 Å². The fourth-order valence-corrected chi connectivity index (χ4v) is 2.88. The zero-order chi connectivity index (χ0) is 51.1. The van der Waals surface area contributed by atoms with Gasteiger partial charge in [0.2, 0.25) is 0 Å². The number of hydrogen-bond donors (Lipinski definition) is 3. The number of carbonyl (C=O) groups excluding carboxylic acids is 11. The molecule has 0 bridgehead atoms. The van der Waals surface area contributed by atoms with Gasteiger partial charge in [-0.05, 0) is 20.8 Å². The largest absolute Gasteiger partial charge is 1.00 e. The fraction of sp³-hybridized carbons (Fsp3) is 0.562. The van der Waals surface area contributed by atoms with Crippen LogP contribution in [0.4, 0.5) is 0 Å². The van der Waals surface area contributed by atoms with E-state index in [9.17, 15) is 79.2 Å². The maximum Gasteiger partial charge on any atom is 1.00 e. The van der Waals surface area contributed by atoms with Crippen LogP contribution in [0.5, 0.6) is 0 Å². The molecule has 0 amide bonds. The summed E-state index contributed by atoms with van der Waals surface area (Å²) in [5.41, 5.74) is 9.81. The molecule has 362 valence electrons. The maximum atomic E-state index is 10.4. The summed E-state index contributed by atoms with van der Waals surface area (Å²) >= 11 is 0. The van der Waals surface area contributed by atoms with Gasteiger partial charge in [0.1, 0.15) is 0 Å². The van der Waals surface area contributed by atoms with Crippen molar-refractivity contribution in [3.8, 4) is 0 Å². The van der Waals surface area contributed by atoms with Gasteiger partial charge in [-0.3, -0.25) is 24.4 Å². The molecule has 0 spiro atoms. The number of carboxylic acids is 12. The molecule has 0 aliphatic rings. The summed E-state index contributed by atoms with van der Waals surface area (Å²) in [6.07, 6.45) is 0. The quantitative estimate of drug-likeness (QED) is 0.0632. The molecule has 0 aromatic rings. The van der Waals surface area contributed by atoms with Crippen LogP contribution in [0.1, 0.15) is 27.7 Å². The van der Waals surface area contributed by atoms with Crippen LogP contribution < -0.4 is 480 Å². The van der Waals surface area contributed by atoms with Crippen LogP contribution in [-0.4, -0.2) is 188 Å². The Morgan fingerprint density at radius 1 is 0.329 bits per heavy atom. The zero-order valence-corrected chi connectivity index (χ0v) is 71.6. The standard InChI is InChI=1S/2C10H16N2O8.C2H8N2.4C2H4O2.C2H4.4K.7Na/c2*13-7(14)3-11(4-8(15)16)1-2-12(5-9(17)18)6-10(19)20;3-1-2-4;4*1-2(3)4;1-2;;;;;;;;;;;/h2*1-6H2,(H,13,14)(H,15,16)(H,17,18)(H,19,20);1-4H2;4*1H3,(H,3,4);1-2H2;;;;;;;;;;;/q;;;;;;;;11*+1/p-11. The molecule has 0 saturated heterocycles. The Bertz CT molecular complexity index is 1130. The molecular weight excluding hydrogens is 1170 g/mol. The molecule has 73 heavy (non-hydrogen) atoms. The van der Waals surface area contributed by atoms with E-state index in [0.717, 1.165) is 47.3 Å². The molecule has 0 unspecified atom stereocenters. The Kier molecular flexibility index (Phi) is 185. The molecule has 5 N–H and O–H groups in total. The second-order valence-corrected chi connectivity index (χ2v) is 10.4. The van der Waals surface area contributed by atoms with E-state index >= 15 is 0 Å². The molecule has 0 aromatic heterocycles. The van der Waals surface area contributed by atoms with Crippen molar-refractivity contribution in [1.82, 2.24) is 19.6 Å². The first-order valence-electron chi connectivity index (χ1n) is 16.4. The predicted octanol–water partition coefficient (Wildman–Crippen LogP) is -51.7. The average molecular weight is 1220 g/mol. The van der Waals surface area contributed by atoms with Gasteiger partial charge in [-0.2, -0.15) is 0 Å². The molecule has 30 nitrogen and oxygen atoms in total. The second-order valence-electron chi connectivity index (χ2n) is 10.4. The van der Waals surface area contributed by atoms with Crippen LogP contribution in [-0.2, 0) is 57.5 Å². The normalized spacial score (nSPS) is 7.70.